The van der Waals surface area contributed by atoms with Crippen molar-refractivity contribution in [3.63, 3.8) is 0 Å². The van der Waals surface area contributed by atoms with Crippen LogP contribution >= 0.6 is 0 Å². The van der Waals surface area contributed by atoms with Crippen LogP contribution in [0.15, 0.2) is 30.3 Å². The van der Waals surface area contributed by atoms with Gasteiger partial charge in [0.2, 0.25) is 0 Å². The fourth-order valence-electron chi connectivity index (χ4n) is 3.58. The van der Waals surface area contributed by atoms with Crippen LogP contribution in [-0.2, 0) is 13.5 Å². The highest BCUT2D eigenvalue weighted by Gasteiger charge is 2.29. The van der Waals surface area contributed by atoms with Crippen LogP contribution in [0.25, 0.3) is 0 Å². The normalized spacial score (nSPS) is 15.5. The molecule has 1 aliphatic carbocycles. The Hall–Kier alpha value is -2.30. The maximum Gasteiger partial charge on any atom is 0.315 e. The summed E-state index contributed by atoms with van der Waals surface area (Å²) in [5.74, 6) is 0.552. The van der Waals surface area contributed by atoms with Crippen LogP contribution in [0.5, 0.6) is 0 Å². The van der Waals surface area contributed by atoms with E-state index in [1.54, 1.807) is 0 Å². The molecule has 1 atom stereocenters. The van der Waals surface area contributed by atoms with Crippen LogP contribution in [0.4, 0.5) is 4.79 Å². The van der Waals surface area contributed by atoms with Crippen molar-refractivity contribution in [2.24, 2.45) is 13.0 Å². The molecule has 1 heterocycles. The van der Waals surface area contributed by atoms with Crippen LogP contribution < -0.4 is 10.6 Å². The van der Waals surface area contributed by atoms with Crippen LogP contribution in [0, 0.1) is 19.8 Å². The predicted molar refractivity (Wildman–Crippen MR) is 99.4 cm³/mol. The molecule has 2 aromatic rings. The lowest BCUT2D eigenvalue weighted by molar-refractivity contribution is 0.208. The molecule has 1 unspecified atom stereocenters. The van der Waals surface area contributed by atoms with Crippen molar-refractivity contribution in [3.05, 3.63) is 52.8 Å². The van der Waals surface area contributed by atoms with E-state index in [0.29, 0.717) is 12.5 Å². The van der Waals surface area contributed by atoms with Crippen LogP contribution in [0.3, 0.4) is 0 Å². The second-order valence-corrected chi connectivity index (χ2v) is 7.00. The zero-order chi connectivity index (χ0) is 17.8. The number of aromatic nitrogens is 2. The lowest BCUT2D eigenvalue weighted by Gasteiger charge is -2.34. The number of carbonyl (C=O) groups excluding carboxylic acids is 1. The third-order valence-corrected chi connectivity index (χ3v) is 5.39. The van der Waals surface area contributed by atoms with Crippen molar-refractivity contribution >= 4 is 6.03 Å². The number of hydrogen-bond acceptors (Lipinski definition) is 2. The fraction of sp³-hybridized carbons (Fsp3) is 0.500. The van der Waals surface area contributed by atoms with Crippen molar-refractivity contribution < 1.29 is 4.79 Å². The van der Waals surface area contributed by atoms with E-state index in [9.17, 15) is 4.79 Å². The molecule has 0 aliphatic heterocycles. The largest absolute Gasteiger partial charge is 0.338 e. The van der Waals surface area contributed by atoms with E-state index >= 15 is 0 Å². The van der Waals surface area contributed by atoms with Gasteiger partial charge < -0.3 is 10.6 Å². The van der Waals surface area contributed by atoms with Gasteiger partial charge in [-0.3, -0.25) is 4.68 Å². The van der Waals surface area contributed by atoms with Crippen LogP contribution in [-0.4, -0.2) is 22.4 Å². The summed E-state index contributed by atoms with van der Waals surface area (Å²) in [6.07, 6.45) is 4.44. The molecule has 1 saturated carbocycles. The summed E-state index contributed by atoms with van der Waals surface area (Å²) >= 11 is 0. The molecule has 1 aromatic heterocycles. The standard InChI is InChI=1S/C20H28N4O/c1-14-18(15(2)24(3)23-14)12-13-21-20(25)22-19(17-10-7-11-17)16-8-5-4-6-9-16/h4-6,8-9,17,19H,7,10-13H2,1-3H3,(H2,21,22,25). The Balaban J connectivity index is 1.55. The zero-order valence-corrected chi connectivity index (χ0v) is 15.4. The first-order chi connectivity index (χ1) is 12.1. The number of nitrogens with zero attached hydrogens (tertiary/aromatic N) is 2. The molecule has 2 N–H and O–H groups in total. The molecule has 1 fully saturated rings. The Kier molecular flexibility index (Phi) is 5.41. The van der Waals surface area contributed by atoms with Gasteiger partial charge in [0.1, 0.15) is 0 Å². The number of amides is 2. The third kappa shape index (κ3) is 4.03. The Morgan fingerprint density at radius 2 is 2.00 bits per heavy atom. The quantitative estimate of drug-likeness (QED) is 0.846. The minimum atomic E-state index is -0.0834. The van der Waals surface area contributed by atoms with E-state index in [1.165, 1.54) is 30.4 Å². The molecule has 1 aromatic carbocycles. The molecule has 5 nitrogen and oxygen atoms in total. The summed E-state index contributed by atoms with van der Waals surface area (Å²) in [7, 11) is 1.95. The lowest BCUT2D eigenvalue weighted by Crippen LogP contribution is -2.42. The third-order valence-electron chi connectivity index (χ3n) is 5.39. The molecule has 5 heteroatoms. The topological polar surface area (TPSA) is 59.0 Å². The van der Waals surface area contributed by atoms with Crippen molar-refractivity contribution in [1.29, 1.82) is 0 Å². The van der Waals surface area contributed by atoms with Crippen molar-refractivity contribution in [2.75, 3.05) is 6.54 Å². The van der Waals surface area contributed by atoms with E-state index in [1.807, 2.05) is 36.9 Å². The lowest BCUT2D eigenvalue weighted by atomic mass is 9.77. The number of carbonyl (C=O) groups is 1. The van der Waals surface area contributed by atoms with Crippen LogP contribution in [0.2, 0.25) is 0 Å². The first kappa shape index (κ1) is 17.5. The van der Waals surface area contributed by atoms with Gasteiger partial charge in [0.15, 0.2) is 0 Å². The number of benzene rings is 1. The average Bonchev–Trinajstić information content (AvgIpc) is 2.79. The van der Waals surface area contributed by atoms with Crippen molar-refractivity contribution in [2.45, 2.75) is 45.6 Å². The van der Waals surface area contributed by atoms with Gasteiger partial charge in [0.05, 0.1) is 11.7 Å². The van der Waals surface area contributed by atoms with Gasteiger partial charge in [-0.05, 0) is 50.2 Å². The molecular formula is C20H28N4O. The van der Waals surface area contributed by atoms with Gasteiger partial charge in [-0.1, -0.05) is 36.8 Å². The Morgan fingerprint density at radius 3 is 2.56 bits per heavy atom. The van der Waals surface area contributed by atoms with Gasteiger partial charge >= 0.3 is 6.03 Å². The van der Waals surface area contributed by atoms with Gasteiger partial charge in [-0.2, -0.15) is 5.10 Å². The molecular weight excluding hydrogens is 312 g/mol. The maximum absolute atomic E-state index is 12.4. The number of nitrogens with one attached hydrogen (secondary N) is 2. The highest BCUT2D eigenvalue weighted by molar-refractivity contribution is 5.74. The maximum atomic E-state index is 12.4. The minimum absolute atomic E-state index is 0.0834. The predicted octanol–water partition coefficient (Wildman–Crippen LogP) is 3.42. The number of hydrogen-bond donors (Lipinski definition) is 2. The highest BCUT2D eigenvalue weighted by atomic mass is 16.2. The van der Waals surface area contributed by atoms with E-state index in [2.05, 4.69) is 34.8 Å². The monoisotopic (exact) mass is 340 g/mol. The van der Waals surface area contributed by atoms with E-state index in [0.717, 1.165) is 17.8 Å². The van der Waals surface area contributed by atoms with Gasteiger partial charge in [0, 0.05) is 19.3 Å². The first-order valence-electron chi connectivity index (χ1n) is 9.14. The smallest absolute Gasteiger partial charge is 0.315 e. The molecule has 0 spiro atoms. The van der Waals surface area contributed by atoms with E-state index < -0.39 is 0 Å². The van der Waals surface area contributed by atoms with Gasteiger partial charge in [-0.15, -0.1) is 0 Å². The molecule has 134 valence electrons. The molecule has 0 radical (unpaired) electrons. The second-order valence-electron chi connectivity index (χ2n) is 7.00. The molecule has 3 rings (SSSR count). The zero-order valence-electron chi connectivity index (χ0n) is 15.4. The summed E-state index contributed by atoms with van der Waals surface area (Å²) in [5, 5.41) is 10.6. The van der Waals surface area contributed by atoms with E-state index in [4.69, 9.17) is 0 Å². The average molecular weight is 340 g/mol. The molecule has 1 aliphatic rings. The highest BCUT2D eigenvalue weighted by Crippen LogP contribution is 2.37. The Bertz CT molecular complexity index is 719. The number of rotatable bonds is 6. The van der Waals surface area contributed by atoms with Crippen LogP contribution in [0.1, 0.15) is 47.8 Å². The SMILES string of the molecule is Cc1nn(C)c(C)c1CCNC(=O)NC(c1ccccc1)C1CCC1. The number of aryl methyl sites for hydroxylation is 2. The summed E-state index contributed by atoms with van der Waals surface area (Å²) in [6.45, 7) is 4.70. The minimum Gasteiger partial charge on any atom is -0.338 e. The van der Waals surface area contributed by atoms with Gasteiger partial charge in [0.25, 0.3) is 0 Å². The first-order valence-corrected chi connectivity index (χ1v) is 9.14. The summed E-state index contributed by atoms with van der Waals surface area (Å²) in [6, 6.07) is 10.3. The molecule has 2 amide bonds. The Morgan fingerprint density at radius 1 is 1.28 bits per heavy atom. The summed E-state index contributed by atoms with van der Waals surface area (Å²) < 4.78 is 1.90. The van der Waals surface area contributed by atoms with E-state index in [-0.39, 0.29) is 12.1 Å². The molecule has 25 heavy (non-hydrogen) atoms. The molecule has 0 bridgehead atoms. The fourth-order valence-corrected chi connectivity index (χ4v) is 3.58. The van der Waals surface area contributed by atoms with Crippen molar-refractivity contribution in [3.8, 4) is 0 Å². The summed E-state index contributed by atoms with van der Waals surface area (Å²) in [4.78, 5) is 12.4. The second kappa shape index (κ2) is 7.72. The summed E-state index contributed by atoms with van der Waals surface area (Å²) in [5.41, 5.74) is 4.62. The Labute approximate surface area is 149 Å². The number of urea groups is 1. The van der Waals surface area contributed by atoms with Gasteiger partial charge in [-0.25, -0.2) is 4.79 Å². The van der Waals surface area contributed by atoms with Crippen molar-refractivity contribution in [1.82, 2.24) is 20.4 Å². The molecule has 0 saturated heterocycles.